The van der Waals surface area contributed by atoms with E-state index < -0.39 is 17.2 Å². The molecule has 35 heavy (non-hydrogen) atoms. The molecule has 10 heteroatoms. The zero-order chi connectivity index (χ0) is 24.9. The van der Waals surface area contributed by atoms with Crippen molar-refractivity contribution in [2.24, 2.45) is 5.10 Å². The number of para-hydroxylation sites is 1. The van der Waals surface area contributed by atoms with Crippen LogP contribution in [0.1, 0.15) is 28.4 Å². The molecule has 0 spiro atoms. The number of carbonyl (C=O) groups is 1. The van der Waals surface area contributed by atoms with Crippen molar-refractivity contribution >= 4 is 34.7 Å². The largest absolute Gasteiger partial charge is 0.490 e. The molecule has 0 fully saturated rings. The van der Waals surface area contributed by atoms with Crippen molar-refractivity contribution in [1.82, 2.24) is 9.66 Å². The van der Waals surface area contributed by atoms with Crippen LogP contribution in [0, 0.1) is 0 Å². The highest BCUT2D eigenvalue weighted by Gasteiger charge is 2.13. The molecule has 3 aromatic carbocycles. The Morgan fingerprint density at radius 2 is 1.86 bits per heavy atom. The van der Waals surface area contributed by atoms with Crippen LogP contribution in [-0.2, 0) is 6.61 Å². The SMILES string of the molecule is CCOc1cc(C=Nn2c(=O)[nH]c3ccccc3c2=O)cc(Cl)c1OCc1ccc(C(=O)O)cc1. The van der Waals surface area contributed by atoms with Crippen LogP contribution in [-0.4, -0.2) is 33.6 Å². The lowest BCUT2D eigenvalue weighted by Gasteiger charge is -2.14. The molecule has 0 saturated carbocycles. The Hall–Kier alpha value is -4.37. The first-order valence-electron chi connectivity index (χ1n) is 10.6. The first kappa shape index (κ1) is 23.8. The normalized spacial score (nSPS) is 11.1. The maximum absolute atomic E-state index is 12.7. The fourth-order valence-electron chi connectivity index (χ4n) is 3.35. The van der Waals surface area contributed by atoms with Crippen molar-refractivity contribution in [3.63, 3.8) is 0 Å². The quantitative estimate of drug-likeness (QED) is 0.359. The van der Waals surface area contributed by atoms with Gasteiger partial charge < -0.3 is 19.6 Å². The minimum absolute atomic E-state index is 0.134. The smallest absolute Gasteiger partial charge is 0.349 e. The molecule has 0 atom stereocenters. The third kappa shape index (κ3) is 5.25. The van der Waals surface area contributed by atoms with E-state index in [0.29, 0.717) is 34.6 Å². The Balaban J connectivity index is 1.61. The first-order chi connectivity index (χ1) is 16.9. The van der Waals surface area contributed by atoms with Gasteiger partial charge in [-0.05, 0) is 54.4 Å². The van der Waals surface area contributed by atoms with E-state index in [-0.39, 0.29) is 17.2 Å². The van der Waals surface area contributed by atoms with E-state index in [4.69, 9.17) is 26.2 Å². The number of rotatable bonds is 8. The summed E-state index contributed by atoms with van der Waals surface area (Å²) < 4.78 is 12.3. The highest BCUT2D eigenvalue weighted by atomic mass is 35.5. The van der Waals surface area contributed by atoms with Crippen molar-refractivity contribution in [2.75, 3.05) is 6.61 Å². The third-order valence-corrected chi connectivity index (χ3v) is 5.30. The Morgan fingerprint density at radius 1 is 1.11 bits per heavy atom. The van der Waals surface area contributed by atoms with E-state index in [1.807, 2.05) is 0 Å². The van der Waals surface area contributed by atoms with Crippen molar-refractivity contribution in [3.8, 4) is 11.5 Å². The van der Waals surface area contributed by atoms with Gasteiger partial charge in [-0.2, -0.15) is 5.10 Å². The van der Waals surface area contributed by atoms with E-state index >= 15 is 0 Å². The molecule has 0 aliphatic heterocycles. The van der Waals surface area contributed by atoms with Crippen LogP contribution in [0.5, 0.6) is 11.5 Å². The number of ether oxygens (including phenoxy) is 2. The maximum atomic E-state index is 12.7. The topological polar surface area (TPSA) is 123 Å². The summed E-state index contributed by atoms with van der Waals surface area (Å²) in [5, 5.41) is 13.6. The number of aromatic nitrogens is 2. The molecule has 4 rings (SSSR count). The monoisotopic (exact) mass is 493 g/mol. The Kier molecular flexibility index (Phi) is 6.98. The van der Waals surface area contributed by atoms with Crippen molar-refractivity contribution in [2.45, 2.75) is 13.5 Å². The van der Waals surface area contributed by atoms with Crippen LogP contribution in [0.3, 0.4) is 0 Å². The molecule has 0 amide bonds. The number of nitrogens with zero attached hydrogens (tertiary/aromatic N) is 2. The molecule has 1 aromatic heterocycles. The Bertz CT molecular complexity index is 1540. The number of aromatic amines is 1. The summed E-state index contributed by atoms with van der Waals surface area (Å²) in [6, 6.07) is 16.1. The van der Waals surface area contributed by atoms with E-state index in [1.165, 1.54) is 18.3 Å². The second kappa shape index (κ2) is 10.3. The van der Waals surface area contributed by atoms with Gasteiger partial charge in [-0.3, -0.25) is 4.79 Å². The lowest BCUT2D eigenvalue weighted by molar-refractivity contribution is 0.0697. The summed E-state index contributed by atoms with van der Waals surface area (Å²) in [5.74, 6) is -0.360. The molecule has 2 N–H and O–H groups in total. The van der Waals surface area contributed by atoms with Crippen LogP contribution in [0.2, 0.25) is 5.02 Å². The van der Waals surface area contributed by atoms with Gasteiger partial charge in [0, 0.05) is 0 Å². The zero-order valence-electron chi connectivity index (χ0n) is 18.5. The summed E-state index contributed by atoms with van der Waals surface area (Å²) in [4.78, 5) is 38.6. The lowest BCUT2D eigenvalue weighted by Crippen LogP contribution is -2.32. The third-order valence-electron chi connectivity index (χ3n) is 5.02. The molecular weight excluding hydrogens is 474 g/mol. The predicted octanol–water partition coefficient (Wildman–Crippen LogP) is 3.90. The number of halogens is 1. The number of fused-ring (bicyclic) bond motifs is 1. The maximum Gasteiger partial charge on any atom is 0.349 e. The molecule has 4 aromatic rings. The van der Waals surface area contributed by atoms with Gasteiger partial charge in [0.25, 0.3) is 5.56 Å². The number of benzene rings is 3. The molecule has 0 unspecified atom stereocenters. The van der Waals surface area contributed by atoms with Crippen LogP contribution in [0.15, 0.2) is 75.4 Å². The van der Waals surface area contributed by atoms with Gasteiger partial charge >= 0.3 is 11.7 Å². The van der Waals surface area contributed by atoms with Gasteiger partial charge in [0.2, 0.25) is 0 Å². The Labute approximate surface area is 203 Å². The molecule has 0 radical (unpaired) electrons. The summed E-state index contributed by atoms with van der Waals surface area (Å²) in [6.07, 6.45) is 1.33. The number of H-pyrrole nitrogens is 1. The van der Waals surface area contributed by atoms with E-state index in [2.05, 4.69) is 10.1 Å². The number of hydrogen-bond acceptors (Lipinski definition) is 6. The average molecular weight is 494 g/mol. The van der Waals surface area contributed by atoms with Gasteiger partial charge in [0.15, 0.2) is 11.5 Å². The summed E-state index contributed by atoms with van der Waals surface area (Å²) in [7, 11) is 0. The number of nitrogens with one attached hydrogen (secondary N) is 1. The molecular formula is C25H20ClN3O6. The van der Waals surface area contributed by atoms with Crippen LogP contribution in [0.25, 0.3) is 10.9 Å². The standard InChI is InChI=1S/C25H20ClN3O6/c1-2-34-21-12-16(13-27-29-23(30)18-5-3-4-6-20(18)28-25(29)33)11-19(26)22(21)35-14-15-7-9-17(10-8-15)24(31)32/h3-13H,2,14H2,1H3,(H,28,33)(H,31,32). The van der Waals surface area contributed by atoms with Crippen LogP contribution >= 0.6 is 11.6 Å². The lowest BCUT2D eigenvalue weighted by atomic mass is 10.1. The molecule has 9 nitrogen and oxygen atoms in total. The van der Waals surface area contributed by atoms with Crippen molar-refractivity contribution < 1.29 is 19.4 Å². The second-order valence-electron chi connectivity index (χ2n) is 7.39. The number of aromatic carboxylic acids is 1. The molecule has 0 saturated heterocycles. The summed E-state index contributed by atoms with van der Waals surface area (Å²) in [6.45, 7) is 2.27. The number of hydrogen-bond donors (Lipinski definition) is 2. The Morgan fingerprint density at radius 3 is 2.57 bits per heavy atom. The van der Waals surface area contributed by atoms with Crippen molar-refractivity contribution in [3.05, 3.63) is 103 Å². The van der Waals surface area contributed by atoms with E-state index in [0.717, 1.165) is 10.2 Å². The summed E-state index contributed by atoms with van der Waals surface area (Å²) in [5.41, 5.74) is 0.607. The number of carboxylic acid groups (broad SMARTS) is 1. The van der Waals surface area contributed by atoms with Gasteiger partial charge in [0.1, 0.15) is 6.61 Å². The fraction of sp³-hybridized carbons (Fsp3) is 0.120. The predicted molar refractivity (Wildman–Crippen MR) is 132 cm³/mol. The van der Waals surface area contributed by atoms with Crippen molar-refractivity contribution in [1.29, 1.82) is 0 Å². The van der Waals surface area contributed by atoms with E-state index in [1.54, 1.807) is 55.5 Å². The minimum Gasteiger partial charge on any atom is -0.490 e. The highest BCUT2D eigenvalue weighted by molar-refractivity contribution is 6.32. The zero-order valence-corrected chi connectivity index (χ0v) is 19.3. The molecule has 0 aliphatic rings. The molecule has 178 valence electrons. The van der Waals surface area contributed by atoms with E-state index in [9.17, 15) is 14.4 Å². The van der Waals surface area contributed by atoms with Gasteiger partial charge in [0.05, 0.1) is 34.3 Å². The average Bonchev–Trinajstić information content (AvgIpc) is 2.84. The number of carboxylic acids is 1. The second-order valence-corrected chi connectivity index (χ2v) is 7.80. The van der Waals surface area contributed by atoms with Crippen LogP contribution in [0.4, 0.5) is 0 Å². The fourth-order valence-corrected chi connectivity index (χ4v) is 3.62. The molecule has 0 aliphatic carbocycles. The van der Waals surface area contributed by atoms with Gasteiger partial charge in [-0.1, -0.05) is 35.9 Å². The molecule has 0 bridgehead atoms. The minimum atomic E-state index is -1.01. The first-order valence-corrected chi connectivity index (χ1v) is 10.9. The molecule has 1 heterocycles. The summed E-state index contributed by atoms with van der Waals surface area (Å²) >= 11 is 6.44. The van der Waals surface area contributed by atoms with Gasteiger partial charge in [-0.25, -0.2) is 9.59 Å². The van der Waals surface area contributed by atoms with Gasteiger partial charge in [-0.15, -0.1) is 4.68 Å². The van der Waals surface area contributed by atoms with Crippen LogP contribution < -0.4 is 20.7 Å². The highest BCUT2D eigenvalue weighted by Crippen LogP contribution is 2.37.